The monoisotopic (exact) mass is 347 g/mol. The van der Waals surface area contributed by atoms with Gasteiger partial charge in [-0.2, -0.15) is 0 Å². The van der Waals surface area contributed by atoms with Crippen molar-refractivity contribution >= 4 is 24.2 Å². The lowest BCUT2D eigenvalue weighted by Crippen LogP contribution is -2.46. The van der Waals surface area contributed by atoms with Crippen molar-refractivity contribution in [3.63, 3.8) is 0 Å². The van der Waals surface area contributed by atoms with Gasteiger partial charge in [-0.15, -0.1) is 12.4 Å². The Morgan fingerprint density at radius 1 is 1.30 bits per heavy atom. The lowest BCUT2D eigenvalue weighted by atomic mass is 9.88. The van der Waals surface area contributed by atoms with E-state index in [4.69, 9.17) is 5.11 Å². The Balaban J connectivity index is 0.00000264. The molecule has 1 aromatic carbocycles. The first-order chi connectivity index (χ1) is 10.4. The standard InChI is InChI=1S/C16H19F2NO3.ClH/c1-2-14(16(21)22)19-7-5-10(6-8-19)15(20)12-9-11(17)3-4-13(12)18;/h3-4,9-10,14H,2,5-8H2,1H3,(H,21,22);1H. The van der Waals surface area contributed by atoms with Crippen LogP contribution in [-0.4, -0.2) is 40.9 Å². The molecular weight excluding hydrogens is 328 g/mol. The van der Waals surface area contributed by atoms with Crippen LogP contribution in [0.3, 0.4) is 0 Å². The molecule has 128 valence electrons. The Morgan fingerprint density at radius 2 is 1.91 bits per heavy atom. The molecular formula is C16H20ClF2NO3. The number of ketones is 1. The lowest BCUT2D eigenvalue weighted by Gasteiger charge is -2.34. The third-order valence-corrected chi connectivity index (χ3v) is 4.21. The van der Waals surface area contributed by atoms with Crippen LogP contribution in [0, 0.1) is 17.6 Å². The van der Waals surface area contributed by atoms with Gasteiger partial charge in [-0.25, -0.2) is 8.78 Å². The summed E-state index contributed by atoms with van der Waals surface area (Å²) in [6, 6.07) is 2.31. The largest absolute Gasteiger partial charge is 0.480 e. The normalized spacial score (nSPS) is 17.3. The van der Waals surface area contributed by atoms with Crippen LogP contribution in [0.5, 0.6) is 0 Å². The average Bonchev–Trinajstić information content (AvgIpc) is 2.50. The minimum absolute atomic E-state index is 0. The second-order valence-corrected chi connectivity index (χ2v) is 5.56. The van der Waals surface area contributed by atoms with E-state index >= 15 is 0 Å². The molecule has 4 nitrogen and oxygen atoms in total. The molecule has 1 fully saturated rings. The zero-order valence-corrected chi connectivity index (χ0v) is 13.6. The second kappa shape index (κ2) is 8.36. The van der Waals surface area contributed by atoms with E-state index in [1.54, 1.807) is 6.92 Å². The number of nitrogens with zero attached hydrogens (tertiary/aromatic N) is 1. The van der Waals surface area contributed by atoms with E-state index in [0.29, 0.717) is 32.4 Å². The van der Waals surface area contributed by atoms with Gasteiger partial charge in [0.1, 0.15) is 17.7 Å². The number of hydrogen-bond acceptors (Lipinski definition) is 3. The predicted molar refractivity (Wildman–Crippen MR) is 83.9 cm³/mol. The molecule has 2 rings (SSSR count). The van der Waals surface area contributed by atoms with E-state index in [1.807, 2.05) is 4.90 Å². The summed E-state index contributed by atoms with van der Waals surface area (Å²) in [5, 5.41) is 9.15. The molecule has 1 saturated heterocycles. The zero-order chi connectivity index (χ0) is 16.3. The summed E-state index contributed by atoms with van der Waals surface area (Å²) in [5.74, 6) is -3.02. The highest BCUT2D eigenvalue weighted by Gasteiger charge is 2.32. The Labute approximate surface area is 139 Å². The van der Waals surface area contributed by atoms with Crippen molar-refractivity contribution in [3.8, 4) is 0 Å². The van der Waals surface area contributed by atoms with Crippen molar-refractivity contribution in [3.05, 3.63) is 35.4 Å². The van der Waals surface area contributed by atoms with Crippen LogP contribution in [-0.2, 0) is 4.79 Å². The van der Waals surface area contributed by atoms with Gasteiger partial charge >= 0.3 is 5.97 Å². The summed E-state index contributed by atoms with van der Waals surface area (Å²) in [7, 11) is 0. The Hall–Kier alpha value is -1.53. The number of hydrogen-bond donors (Lipinski definition) is 1. The van der Waals surface area contributed by atoms with E-state index in [1.165, 1.54) is 0 Å². The minimum Gasteiger partial charge on any atom is -0.480 e. The molecule has 1 unspecified atom stereocenters. The summed E-state index contributed by atoms with van der Waals surface area (Å²) in [5.41, 5.74) is -0.219. The Morgan fingerprint density at radius 3 is 2.43 bits per heavy atom. The third kappa shape index (κ3) is 4.48. The van der Waals surface area contributed by atoms with Gasteiger partial charge in [0, 0.05) is 5.92 Å². The van der Waals surface area contributed by atoms with Gasteiger partial charge in [-0.1, -0.05) is 6.92 Å². The summed E-state index contributed by atoms with van der Waals surface area (Å²) in [4.78, 5) is 25.3. The maximum atomic E-state index is 13.7. The fourth-order valence-corrected chi connectivity index (χ4v) is 2.97. The number of carboxylic acids is 1. The highest BCUT2D eigenvalue weighted by Crippen LogP contribution is 2.25. The summed E-state index contributed by atoms with van der Waals surface area (Å²) >= 11 is 0. The molecule has 1 aromatic rings. The van der Waals surface area contributed by atoms with Gasteiger partial charge in [0.15, 0.2) is 5.78 Å². The Kier molecular flexibility index (Phi) is 7.09. The Bertz CT molecular complexity index is 574. The fourth-order valence-electron chi connectivity index (χ4n) is 2.97. The van der Waals surface area contributed by atoms with Crippen LogP contribution < -0.4 is 0 Å². The van der Waals surface area contributed by atoms with Crippen LogP contribution in [0.1, 0.15) is 36.5 Å². The van der Waals surface area contributed by atoms with E-state index < -0.39 is 29.4 Å². The van der Waals surface area contributed by atoms with Gasteiger partial charge in [-0.3, -0.25) is 14.5 Å². The lowest BCUT2D eigenvalue weighted by molar-refractivity contribution is -0.144. The summed E-state index contributed by atoms with van der Waals surface area (Å²) in [6.45, 7) is 2.74. The number of likely N-dealkylation sites (tertiary alicyclic amines) is 1. The molecule has 1 aliphatic heterocycles. The smallest absolute Gasteiger partial charge is 0.320 e. The SMILES string of the molecule is CCC(C(=O)O)N1CCC(C(=O)c2cc(F)ccc2F)CC1.Cl. The fraction of sp³-hybridized carbons (Fsp3) is 0.500. The van der Waals surface area contributed by atoms with E-state index in [9.17, 15) is 18.4 Å². The molecule has 0 aliphatic carbocycles. The van der Waals surface area contributed by atoms with Crippen molar-refractivity contribution in [1.29, 1.82) is 0 Å². The van der Waals surface area contributed by atoms with Crippen molar-refractivity contribution < 1.29 is 23.5 Å². The van der Waals surface area contributed by atoms with E-state index in [2.05, 4.69) is 0 Å². The molecule has 1 atom stereocenters. The third-order valence-electron chi connectivity index (χ3n) is 4.21. The van der Waals surface area contributed by atoms with Crippen LogP contribution >= 0.6 is 12.4 Å². The van der Waals surface area contributed by atoms with Crippen molar-refractivity contribution in [1.82, 2.24) is 4.90 Å². The molecule has 0 radical (unpaired) electrons. The van der Waals surface area contributed by atoms with Crippen molar-refractivity contribution in [2.45, 2.75) is 32.2 Å². The molecule has 0 spiro atoms. The maximum Gasteiger partial charge on any atom is 0.320 e. The molecule has 0 aromatic heterocycles. The number of piperidine rings is 1. The number of carbonyl (C=O) groups excluding carboxylic acids is 1. The highest BCUT2D eigenvalue weighted by atomic mass is 35.5. The van der Waals surface area contributed by atoms with E-state index in [0.717, 1.165) is 18.2 Å². The first-order valence-corrected chi connectivity index (χ1v) is 7.40. The van der Waals surface area contributed by atoms with Gasteiger partial charge in [-0.05, 0) is 50.6 Å². The number of Topliss-reactive ketones (excluding diaryl/α,β-unsaturated/α-hetero) is 1. The van der Waals surface area contributed by atoms with Gasteiger partial charge in [0.25, 0.3) is 0 Å². The van der Waals surface area contributed by atoms with Gasteiger partial charge in [0.05, 0.1) is 5.56 Å². The summed E-state index contributed by atoms with van der Waals surface area (Å²) < 4.78 is 26.8. The van der Waals surface area contributed by atoms with Crippen molar-refractivity contribution in [2.75, 3.05) is 13.1 Å². The van der Waals surface area contributed by atoms with Gasteiger partial charge in [0.2, 0.25) is 0 Å². The first kappa shape index (κ1) is 19.5. The minimum atomic E-state index is -0.872. The number of aliphatic carboxylic acids is 1. The predicted octanol–water partition coefficient (Wildman–Crippen LogP) is 3.14. The number of benzene rings is 1. The number of halogens is 3. The summed E-state index contributed by atoms with van der Waals surface area (Å²) in [6.07, 6.45) is 1.41. The molecule has 1 N–H and O–H groups in total. The van der Waals surface area contributed by atoms with E-state index in [-0.39, 0.29) is 23.9 Å². The number of rotatable bonds is 5. The maximum absolute atomic E-state index is 13.7. The topological polar surface area (TPSA) is 57.6 Å². The molecule has 1 aliphatic rings. The molecule has 0 saturated carbocycles. The van der Waals surface area contributed by atoms with Crippen molar-refractivity contribution in [2.24, 2.45) is 5.92 Å². The molecule has 0 bridgehead atoms. The van der Waals surface area contributed by atoms with Crippen LogP contribution in [0.2, 0.25) is 0 Å². The zero-order valence-electron chi connectivity index (χ0n) is 12.8. The number of carboxylic acid groups (broad SMARTS) is 1. The average molecular weight is 348 g/mol. The molecule has 0 amide bonds. The van der Waals surface area contributed by atoms with Crippen LogP contribution in [0.15, 0.2) is 18.2 Å². The molecule has 23 heavy (non-hydrogen) atoms. The van der Waals surface area contributed by atoms with Crippen LogP contribution in [0.4, 0.5) is 8.78 Å². The second-order valence-electron chi connectivity index (χ2n) is 5.56. The first-order valence-electron chi connectivity index (χ1n) is 7.40. The van der Waals surface area contributed by atoms with Gasteiger partial charge < -0.3 is 5.11 Å². The molecule has 1 heterocycles. The molecule has 7 heteroatoms. The van der Waals surface area contributed by atoms with Crippen LogP contribution in [0.25, 0.3) is 0 Å². The quantitative estimate of drug-likeness (QED) is 0.831. The highest BCUT2D eigenvalue weighted by molar-refractivity contribution is 5.98. The number of carbonyl (C=O) groups is 2.